The van der Waals surface area contributed by atoms with Crippen LogP contribution in [0.1, 0.15) is 23.3 Å². The highest BCUT2D eigenvalue weighted by Crippen LogP contribution is 2.17. The van der Waals surface area contributed by atoms with Gasteiger partial charge in [-0.25, -0.2) is 5.10 Å². The minimum absolute atomic E-state index is 0.126. The Morgan fingerprint density at radius 2 is 2.22 bits per heavy atom. The molecule has 1 aliphatic heterocycles. The second-order valence-corrected chi connectivity index (χ2v) is 4.23. The average molecular weight is 251 g/mol. The van der Waals surface area contributed by atoms with Crippen molar-refractivity contribution in [1.29, 1.82) is 0 Å². The molecule has 2 heterocycles. The van der Waals surface area contributed by atoms with Crippen molar-refractivity contribution in [3.63, 3.8) is 0 Å². The van der Waals surface area contributed by atoms with E-state index in [1.54, 1.807) is 0 Å². The van der Waals surface area contributed by atoms with E-state index in [0.29, 0.717) is 19.4 Å². The van der Waals surface area contributed by atoms with Crippen molar-refractivity contribution in [2.45, 2.75) is 12.8 Å². The zero-order chi connectivity index (χ0) is 13.1. The number of rotatable bonds is 2. The number of piperidine rings is 1. The molecule has 1 saturated heterocycles. The Morgan fingerprint density at radius 3 is 2.83 bits per heavy atom. The number of nitrogens with one attached hydrogen (secondary N) is 1. The Balaban J connectivity index is 2.11. The zero-order valence-electron chi connectivity index (χ0n) is 9.63. The Hall–Kier alpha value is -2.18. The van der Waals surface area contributed by atoms with Crippen LogP contribution in [0, 0.1) is 5.92 Å². The number of hydrogen-bond acceptors (Lipinski definition) is 4. The first-order valence-electron chi connectivity index (χ1n) is 5.66. The number of carboxylic acid groups (broad SMARTS) is 1. The molecule has 7 nitrogen and oxygen atoms in total. The quantitative estimate of drug-likeness (QED) is 0.751. The standard InChI is InChI=1S/C11H13N3O4/c15-9-4-3-8(12-13-9)10(16)14-5-1-2-7(6-14)11(17)18/h3-4,7H,1-2,5-6H2,(H,13,15)(H,17,18)/t7-/m1/s1. The molecule has 0 aromatic carbocycles. The summed E-state index contributed by atoms with van der Waals surface area (Å²) in [6.07, 6.45) is 1.24. The zero-order valence-corrected chi connectivity index (χ0v) is 9.63. The van der Waals surface area contributed by atoms with Gasteiger partial charge in [-0.3, -0.25) is 14.4 Å². The van der Waals surface area contributed by atoms with E-state index in [2.05, 4.69) is 10.2 Å². The van der Waals surface area contributed by atoms with Gasteiger partial charge in [0.2, 0.25) is 0 Å². The number of aromatic nitrogens is 2. The van der Waals surface area contributed by atoms with Crippen LogP contribution in [0.4, 0.5) is 0 Å². The molecule has 0 aliphatic carbocycles. The minimum atomic E-state index is -0.887. The lowest BCUT2D eigenvalue weighted by Crippen LogP contribution is -2.42. The molecule has 1 fully saturated rings. The third kappa shape index (κ3) is 2.55. The summed E-state index contributed by atoms with van der Waals surface area (Å²) in [7, 11) is 0. The van der Waals surface area contributed by atoms with Crippen molar-refractivity contribution < 1.29 is 14.7 Å². The number of carbonyl (C=O) groups is 2. The third-order valence-electron chi connectivity index (χ3n) is 2.96. The van der Waals surface area contributed by atoms with E-state index in [0.717, 1.165) is 0 Å². The normalized spacial score (nSPS) is 19.6. The number of likely N-dealkylation sites (tertiary alicyclic amines) is 1. The summed E-state index contributed by atoms with van der Waals surface area (Å²) in [6.45, 7) is 0.707. The van der Waals surface area contributed by atoms with E-state index < -0.39 is 11.9 Å². The van der Waals surface area contributed by atoms with Gasteiger partial charge >= 0.3 is 5.97 Å². The summed E-state index contributed by atoms with van der Waals surface area (Å²) < 4.78 is 0. The maximum Gasteiger partial charge on any atom is 0.308 e. The SMILES string of the molecule is O=C(O)[C@@H]1CCCN(C(=O)c2ccc(=O)[nH]n2)C1. The first kappa shape index (κ1) is 12.3. The smallest absolute Gasteiger partial charge is 0.308 e. The Bertz CT molecular complexity index is 505. The lowest BCUT2D eigenvalue weighted by atomic mass is 9.98. The van der Waals surface area contributed by atoms with Crippen LogP contribution >= 0.6 is 0 Å². The third-order valence-corrected chi connectivity index (χ3v) is 2.96. The summed E-state index contributed by atoms with van der Waals surface area (Å²) in [5, 5.41) is 14.8. The summed E-state index contributed by atoms with van der Waals surface area (Å²) in [5.74, 6) is -1.76. The maximum absolute atomic E-state index is 12.0. The molecule has 0 spiro atoms. The van der Waals surface area contributed by atoms with Gasteiger partial charge in [0.25, 0.3) is 11.5 Å². The van der Waals surface area contributed by atoms with Crippen molar-refractivity contribution in [3.8, 4) is 0 Å². The van der Waals surface area contributed by atoms with E-state index in [4.69, 9.17) is 5.11 Å². The number of aromatic amines is 1. The van der Waals surface area contributed by atoms with Crippen molar-refractivity contribution in [2.75, 3.05) is 13.1 Å². The first-order chi connectivity index (χ1) is 8.58. The van der Waals surface area contributed by atoms with Gasteiger partial charge < -0.3 is 10.0 Å². The molecule has 18 heavy (non-hydrogen) atoms. The molecule has 2 rings (SSSR count). The Labute approximate surface area is 102 Å². The van der Waals surface area contributed by atoms with Crippen LogP contribution in [-0.2, 0) is 4.79 Å². The number of carbonyl (C=O) groups excluding carboxylic acids is 1. The number of carboxylic acids is 1. The molecule has 1 amide bonds. The number of amides is 1. The van der Waals surface area contributed by atoms with Crippen LogP contribution in [0.5, 0.6) is 0 Å². The molecule has 7 heteroatoms. The van der Waals surface area contributed by atoms with Gasteiger partial charge in [-0.1, -0.05) is 0 Å². The summed E-state index contributed by atoms with van der Waals surface area (Å²) in [6, 6.07) is 2.56. The van der Waals surface area contributed by atoms with Gasteiger partial charge in [0.1, 0.15) is 5.69 Å². The first-order valence-corrected chi connectivity index (χ1v) is 5.66. The van der Waals surface area contributed by atoms with E-state index >= 15 is 0 Å². The van der Waals surface area contributed by atoms with Crippen molar-refractivity contribution >= 4 is 11.9 Å². The van der Waals surface area contributed by atoms with E-state index in [1.807, 2.05) is 0 Å². The fourth-order valence-electron chi connectivity index (χ4n) is 1.99. The van der Waals surface area contributed by atoms with Crippen LogP contribution in [0.3, 0.4) is 0 Å². The second-order valence-electron chi connectivity index (χ2n) is 4.23. The van der Waals surface area contributed by atoms with Gasteiger partial charge in [-0.2, -0.15) is 5.10 Å². The predicted molar refractivity (Wildman–Crippen MR) is 61.1 cm³/mol. The monoisotopic (exact) mass is 251 g/mol. The van der Waals surface area contributed by atoms with Gasteiger partial charge in [-0.05, 0) is 18.9 Å². The van der Waals surface area contributed by atoms with Gasteiger partial charge in [0, 0.05) is 19.2 Å². The Morgan fingerprint density at radius 1 is 1.44 bits per heavy atom. The van der Waals surface area contributed by atoms with Crippen molar-refractivity contribution in [1.82, 2.24) is 15.1 Å². The van der Waals surface area contributed by atoms with Crippen LogP contribution in [0.15, 0.2) is 16.9 Å². The van der Waals surface area contributed by atoms with E-state index in [1.165, 1.54) is 17.0 Å². The molecule has 1 aromatic heterocycles. The van der Waals surface area contributed by atoms with Gasteiger partial charge in [0.15, 0.2) is 0 Å². The highest BCUT2D eigenvalue weighted by molar-refractivity contribution is 5.92. The molecule has 0 radical (unpaired) electrons. The van der Waals surface area contributed by atoms with Crippen LogP contribution in [0.25, 0.3) is 0 Å². The summed E-state index contributed by atoms with van der Waals surface area (Å²) >= 11 is 0. The molecule has 96 valence electrons. The predicted octanol–water partition coefficient (Wildman–Crippen LogP) is -0.293. The van der Waals surface area contributed by atoms with Gasteiger partial charge in [-0.15, -0.1) is 0 Å². The lowest BCUT2D eigenvalue weighted by molar-refractivity contribution is -0.143. The van der Waals surface area contributed by atoms with Crippen LogP contribution in [-0.4, -0.2) is 45.2 Å². The number of aliphatic carboxylic acids is 1. The summed E-state index contributed by atoms with van der Waals surface area (Å²) in [5.41, 5.74) is -0.255. The van der Waals surface area contributed by atoms with Gasteiger partial charge in [0.05, 0.1) is 5.92 Å². The molecule has 0 bridgehead atoms. The van der Waals surface area contributed by atoms with Crippen LogP contribution < -0.4 is 5.56 Å². The minimum Gasteiger partial charge on any atom is -0.481 e. The molecule has 0 saturated carbocycles. The molecule has 2 N–H and O–H groups in total. The molecule has 1 aromatic rings. The van der Waals surface area contributed by atoms with Crippen molar-refractivity contribution in [2.24, 2.45) is 5.92 Å². The molecule has 1 aliphatic rings. The second kappa shape index (κ2) is 4.99. The average Bonchev–Trinajstić information content (AvgIpc) is 2.39. The highest BCUT2D eigenvalue weighted by Gasteiger charge is 2.29. The Kier molecular flexibility index (Phi) is 3.40. The van der Waals surface area contributed by atoms with Crippen molar-refractivity contribution in [3.05, 3.63) is 28.2 Å². The number of H-pyrrole nitrogens is 1. The maximum atomic E-state index is 12.0. The van der Waals surface area contributed by atoms with E-state index in [9.17, 15) is 14.4 Å². The topological polar surface area (TPSA) is 103 Å². The molecule has 0 unspecified atom stereocenters. The molecular weight excluding hydrogens is 238 g/mol. The van der Waals surface area contributed by atoms with Crippen LogP contribution in [0.2, 0.25) is 0 Å². The highest BCUT2D eigenvalue weighted by atomic mass is 16.4. The number of hydrogen-bond donors (Lipinski definition) is 2. The summed E-state index contributed by atoms with van der Waals surface area (Å²) in [4.78, 5) is 35.2. The molecular formula is C11H13N3O4. The fraction of sp³-hybridized carbons (Fsp3) is 0.455. The number of nitrogens with zero attached hydrogens (tertiary/aromatic N) is 2. The largest absolute Gasteiger partial charge is 0.481 e. The molecule has 1 atom stereocenters. The fourth-order valence-corrected chi connectivity index (χ4v) is 1.99. The lowest BCUT2D eigenvalue weighted by Gasteiger charge is -2.30. The van der Waals surface area contributed by atoms with E-state index in [-0.39, 0.29) is 23.7 Å².